The SMILES string of the molecule is CC(C)(C)c1ccccc1NC(=S)Nc1ccc(Oc2ccccc2)cc1. The lowest BCUT2D eigenvalue weighted by atomic mass is 9.86. The Kier molecular flexibility index (Phi) is 5.77. The normalized spacial score (nSPS) is 10.9. The molecular formula is C23H24N2OS. The van der Waals surface area contributed by atoms with Crippen LogP contribution in [0.1, 0.15) is 26.3 Å². The quantitative estimate of drug-likeness (QED) is 0.504. The highest BCUT2D eigenvalue weighted by atomic mass is 32.1. The first-order valence-corrected chi connectivity index (χ1v) is 9.33. The van der Waals surface area contributed by atoms with Crippen molar-refractivity contribution in [1.82, 2.24) is 0 Å². The second-order valence-electron chi connectivity index (χ2n) is 7.31. The Morgan fingerprint density at radius 2 is 1.33 bits per heavy atom. The molecule has 4 heteroatoms. The van der Waals surface area contributed by atoms with Gasteiger partial charge in [-0.1, -0.05) is 57.2 Å². The minimum Gasteiger partial charge on any atom is -0.457 e. The summed E-state index contributed by atoms with van der Waals surface area (Å²) < 4.78 is 5.81. The van der Waals surface area contributed by atoms with Crippen molar-refractivity contribution in [3.8, 4) is 11.5 Å². The van der Waals surface area contributed by atoms with E-state index in [9.17, 15) is 0 Å². The summed E-state index contributed by atoms with van der Waals surface area (Å²) in [7, 11) is 0. The smallest absolute Gasteiger partial charge is 0.175 e. The molecule has 0 saturated heterocycles. The van der Waals surface area contributed by atoms with Crippen LogP contribution in [0.5, 0.6) is 11.5 Å². The lowest BCUT2D eigenvalue weighted by molar-refractivity contribution is 0.483. The second kappa shape index (κ2) is 8.23. The van der Waals surface area contributed by atoms with Crippen molar-refractivity contribution < 1.29 is 4.74 Å². The molecule has 0 fully saturated rings. The van der Waals surface area contributed by atoms with Crippen LogP contribution in [0, 0.1) is 0 Å². The largest absolute Gasteiger partial charge is 0.457 e. The van der Waals surface area contributed by atoms with Crippen molar-refractivity contribution in [2.45, 2.75) is 26.2 Å². The molecular weight excluding hydrogens is 352 g/mol. The van der Waals surface area contributed by atoms with E-state index < -0.39 is 0 Å². The summed E-state index contributed by atoms with van der Waals surface area (Å²) in [5, 5.41) is 7.09. The van der Waals surface area contributed by atoms with Gasteiger partial charge in [-0.05, 0) is 65.7 Å². The van der Waals surface area contributed by atoms with Crippen molar-refractivity contribution in [3.05, 3.63) is 84.4 Å². The molecule has 3 nitrogen and oxygen atoms in total. The zero-order valence-corrected chi connectivity index (χ0v) is 16.6. The molecule has 0 amide bonds. The number of rotatable bonds is 4. The third kappa shape index (κ3) is 5.31. The molecule has 0 radical (unpaired) electrons. The van der Waals surface area contributed by atoms with Crippen LogP contribution in [-0.2, 0) is 5.41 Å². The molecule has 3 aromatic rings. The van der Waals surface area contributed by atoms with Crippen molar-refractivity contribution in [2.24, 2.45) is 0 Å². The molecule has 0 aromatic heterocycles. The van der Waals surface area contributed by atoms with Gasteiger partial charge in [0.05, 0.1) is 0 Å². The van der Waals surface area contributed by atoms with Gasteiger partial charge in [0.15, 0.2) is 5.11 Å². The highest BCUT2D eigenvalue weighted by Crippen LogP contribution is 2.29. The Morgan fingerprint density at radius 1 is 0.741 bits per heavy atom. The van der Waals surface area contributed by atoms with Crippen molar-refractivity contribution >= 4 is 28.7 Å². The monoisotopic (exact) mass is 376 g/mol. The first kappa shape index (κ1) is 18.9. The summed E-state index contributed by atoms with van der Waals surface area (Å²) in [5.41, 5.74) is 3.18. The summed E-state index contributed by atoms with van der Waals surface area (Å²) in [6.07, 6.45) is 0. The lowest BCUT2D eigenvalue weighted by Crippen LogP contribution is -2.22. The van der Waals surface area contributed by atoms with Gasteiger partial charge in [0.25, 0.3) is 0 Å². The van der Waals surface area contributed by atoms with Gasteiger partial charge in [-0.2, -0.15) is 0 Å². The molecule has 3 rings (SSSR count). The van der Waals surface area contributed by atoms with E-state index in [0.717, 1.165) is 22.9 Å². The average Bonchev–Trinajstić information content (AvgIpc) is 2.64. The molecule has 0 atom stereocenters. The predicted octanol–water partition coefficient (Wildman–Crippen LogP) is 6.59. The number of nitrogens with one attached hydrogen (secondary N) is 2. The number of hydrogen-bond acceptors (Lipinski definition) is 2. The van der Waals surface area contributed by atoms with Gasteiger partial charge in [0, 0.05) is 11.4 Å². The van der Waals surface area contributed by atoms with E-state index in [4.69, 9.17) is 17.0 Å². The van der Waals surface area contributed by atoms with Gasteiger partial charge >= 0.3 is 0 Å². The van der Waals surface area contributed by atoms with Gasteiger partial charge in [-0.15, -0.1) is 0 Å². The van der Waals surface area contributed by atoms with Crippen LogP contribution in [0.3, 0.4) is 0 Å². The zero-order chi connectivity index (χ0) is 19.3. The van der Waals surface area contributed by atoms with E-state index in [-0.39, 0.29) is 5.41 Å². The third-order valence-corrected chi connectivity index (χ3v) is 4.28. The minimum atomic E-state index is 0.0373. The topological polar surface area (TPSA) is 33.3 Å². The maximum atomic E-state index is 5.81. The molecule has 27 heavy (non-hydrogen) atoms. The van der Waals surface area contributed by atoms with Crippen LogP contribution in [0.25, 0.3) is 0 Å². The van der Waals surface area contributed by atoms with Gasteiger partial charge in [-0.3, -0.25) is 0 Å². The fourth-order valence-electron chi connectivity index (χ4n) is 2.76. The van der Waals surface area contributed by atoms with E-state index in [1.807, 2.05) is 72.8 Å². The van der Waals surface area contributed by atoms with E-state index in [1.54, 1.807) is 0 Å². The standard InChI is InChI=1S/C23H24N2OS/c1-23(2,3)20-11-7-8-12-21(20)25-22(27)24-17-13-15-19(16-14-17)26-18-9-5-4-6-10-18/h4-16H,1-3H3,(H2,24,25,27). The molecule has 0 aliphatic rings. The Hall–Kier alpha value is -2.85. The molecule has 0 saturated carbocycles. The summed E-state index contributed by atoms with van der Waals surface area (Å²) in [6, 6.07) is 25.7. The Labute approximate surface area is 166 Å². The summed E-state index contributed by atoms with van der Waals surface area (Å²) in [6.45, 7) is 6.57. The molecule has 0 aliphatic carbocycles. The van der Waals surface area contributed by atoms with Crippen molar-refractivity contribution in [3.63, 3.8) is 0 Å². The van der Waals surface area contributed by atoms with Crippen molar-refractivity contribution in [1.29, 1.82) is 0 Å². The van der Waals surface area contributed by atoms with Crippen LogP contribution in [0.4, 0.5) is 11.4 Å². The van der Waals surface area contributed by atoms with E-state index >= 15 is 0 Å². The average molecular weight is 377 g/mol. The molecule has 138 valence electrons. The second-order valence-corrected chi connectivity index (χ2v) is 7.72. The number of ether oxygens (including phenoxy) is 1. The van der Waals surface area contributed by atoms with Crippen LogP contribution >= 0.6 is 12.2 Å². The number of hydrogen-bond donors (Lipinski definition) is 2. The third-order valence-electron chi connectivity index (χ3n) is 4.07. The Bertz CT molecular complexity index is 900. The van der Waals surface area contributed by atoms with E-state index in [0.29, 0.717) is 5.11 Å². The van der Waals surface area contributed by atoms with Gasteiger partial charge in [0.2, 0.25) is 0 Å². The molecule has 0 heterocycles. The molecule has 2 N–H and O–H groups in total. The molecule has 0 spiro atoms. The van der Waals surface area contributed by atoms with Crippen molar-refractivity contribution in [2.75, 3.05) is 10.6 Å². The highest BCUT2D eigenvalue weighted by molar-refractivity contribution is 7.80. The fourth-order valence-corrected chi connectivity index (χ4v) is 2.99. The van der Waals surface area contributed by atoms with Crippen LogP contribution in [0.15, 0.2) is 78.9 Å². The van der Waals surface area contributed by atoms with Crippen LogP contribution < -0.4 is 15.4 Å². The van der Waals surface area contributed by atoms with Gasteiger partial charge in [0.1, 0.15) is 11.5 Å². The first-order valence-electron chi connectivity index (χ1n) is 8.92. The van der Waals surface area contributed by atoms with E-state index in [1.165, 1.54) is 5.56 Å². The van der Waals surface area contributed by atoms with Crippen LogP contribution in [-0.4, -0.2) is 5.11 Å². The van der Waals surface area contributed by atoms with Crippen LogP contribution in [0.2, 0.25) is 0 Å². The van der Waals surface area contributed by atoms with E-state index in [2.05, 4.69) is 37.5 Å². The molecule has 0 unspecified atom stereocenters. The maximum Gasteiger partial charge on any atom is 0.175 e. The fraction of sp³-hybridized carbons (Fsp3) is 0.174. The first-order chi connectivity index (χ1) is 12.9. The summed E-state index contributed by atoms with van der Waals surface area (Å²) >= 11 is 5.48. The van der Waals surface area contributed by atoms with Gasteiger partial charge in [-0.25, -0.2) is 0 Å². The van der Waals surface area contributed by atoms with Gasteiger partial charge < -0.3 is 15.4 Å². The minimum absolute atomic E-state index is 0.0373. The molecule has 0 aliphatic heterocycles. The predicted molar refractivity (Wildman–Crippen MR) is 118 cm³/mol. The Balaban J connectivity index is 1.63. The number of thiocarbonyl (C=S) groups is 1. The molecule has 3 aromatic carbocycles. The Morgan fingerprint density at radius 3 is 2.00 bits per heavy atom. The molecule has 0 bridgehead atoms. The number of para-hydroxylation sites is 2. The number of anilines is 2. The lowest BCUT2D eigenvalue weighted by Gasteiger charge is -2.23. The maximum absolute atomic E-state index is 5.81. The number of benzene rings is 3. The summed E-state index contributed by atoms with van der Waals surface area (Å²) in [5.74, 6) is 1.60. The summed E-state index contributed by atoms with van der Waals surface area (Å²) in [4.78, 5) is 0. The zero-order valence-electron chi connectivity index (χ0n) is 15.8. The highest BCUT2D eigenvalue weighted by Gasteiger charge is 2.17.